The molecule has 0 atom stereocenters. The van der Waals surface area contributed by atoms with E-state index >= 15 is 0 Å². The normalized spacial score (nSPS) is 13.4. The van der Waals surface area contributed by atoms with Gasteiger partial charge in [-0.3, -0.25) is 0 Å². The molecule has 0 aromatic heterocycles. The molecule has 0 aliphatic rings. The summed E-state index contributed by atoms with van der Waals surface area (Å²) >= 11 is -0.517. The number of carboxylic acids is 2. The van der Waals surface area contributed by atoms with Gasteiger partial charge in [-0.05, 0) is 0 Å². The molecule has 0 aliphatic carbocycles. The predicted octanol–water partition coefficient (Wildman–Crippen LogP) is 6.13. The molecule has 0 aliphatic heterocycles. The molecular weight excluding hydrogens is 713 g/mol. The second-order valence-corrected chi connectivity index (χ2v) is 32.2. The molecule has 6 aromatic carbocycles. The van der Waals surface area contributed by atoms with Crippen molar-refractivity contribution >= 4 is 53.4 Å². The quantitative estimate of drug-likeness (QED) is 0.117. The van der Waals surface area contributed by atoms with Gasteiger partial charge >= 0.3 is 284 Å². The van der Waals surface area contributed by atoms with Crippen LogP contribution in [0.5, 0.6) is 0 Å². The number of hydrogen-bond donors (Lipinski definition) is 2. The second-order valence-electron chi connectivity index (χ2n) is 11.4. The first-order valence-electron chi connectivity index (χ1n) is 15.3. The molecule has 4 nitrogen and oxygen atoms in total. The van der Waals surface area contributed by atoms with E-state index in [2.05, 4.69) is 72.8 Å². The molecule has 0 bridgehead atoms. The van der Waals surface area contributed by atoms with Gasteiger partial charge in [0.15, 0.2) is 0 Å². The van der Waals surface area contributed by atoms with Gasteiger partial charge < -0.3 is 0 Å². The zero-order chi connectivity index (χ0) is 32.8. The Hall–Kier alpha value is -4.22. The van der Waals surface area contributed by atoms with Gasteiger partial charge in [-0.1, -0.05) is 0 Å². The van der Waals surface area contributed by atoms with Crippen LogP contribution in [0.15, 0.2) is 182 Å². The van der Waals surface area contributed by atoms with Crippen molar-refractivity contribution in [3.8, 4) is 0 Å². The summed E-state index contributed by atoms with van der Waals surface area (Å²) in [6.45, 7) is 0. The molecule has 0 heterocycles. The molecule has 240 valence electrons. The van der Waals surface area contributed by atoms with Crippen LogP contribution < -0.4 is 31.8 Å². The number of aliphatic carboxylic acids is 2. The minimum atomic E-state index is -4.17. The van der Waals surface area contributed by atoms with E-state index in [1.807, 2.05) is 109 Å². The molecule has 0 saturated heterocycles. The first kappa shape index (κ1) is 32.7. The van der Waals surface area contributed by atoms with Gasteiger partial charge in [0.05, 0.1) is 0 Å². The Morgan fingerprint density at radius 2 is 0.532 bits per heavy atom. The van der Waals surface area contributed by atoms with Crippen LogP contribution >= 0.6 is 9.59 Å². The molecule has 2 N–H and O–H groups in total. The van der Waals surface area contributed by atoms with Crippen molar-refractivity contribution in [3.05, 3.63) is 182 Å². The summed E-state index contributed by atoms with van der Waals surface area (Å²) in [7, 11) is 0. The Labute approximate surface area is 283 Å². The van der Waals surface area contributed by atoms with Crippen molar-refractivity contribution in [2.24, 2.45) is 0 Å². The number of carbonyl (C=O) groups is 2. The van der Waals surface area contributed by atoms with Gasteiger partial charge in [0.25, 0.3) is 0 Å². The number of hydrogen-bond acceptors (Lipinski definition) is 2. The molecule has 0 unspecified atom stereocenters. The monoisotopic (exact) mass is 748 g/mol. The average Bonchev–Trinajstić information content (AvgIpc) is 3.13. The van der Waals surface area contributed by atoms with Crippen LogP contribution in [0.2, 0.25) is 0 Å². The van der Waals surface area contributed by atoms with Crippen LogP contribution in [0, 0.1) is 0 Å². The van der Waals surface area contributed by atoms with E-state index in [4.69, 9.17) is 0 Å². The summed E-state index contributed by atoms with van der Waals surface area (Å²) in [5.41, 5.74) is 0. The summed E-state index contributed by atoms with van der Waals surface area (Å²) in [4.78, 5) is 19.1. The van der Waals surface area contributed by atoms with E-state index in [1.165, 1.54) is 0 Å². The van der Waals surface area contributed by atoms with E-state index < -0.39 is 38.5 Å². The fourth-order valence-electron chi connectivity index (χ4n) is 6.88. The standard InChI is InChI=1S/2C20H17O2P.Pd/c2*21-20(22)16-23(17-10-4-1-5-11-17,18-12-6-2-7-13-18)19-14-8-3-9-15-19;/h2*1-15H,16H2;/q;;-2/p+2. The molecule has 0 radical (unpaired) electrons. The Morgan fingerprint density at radius 1 is 0.362 bits per heavy atom. The third-order valence-corrected chi connectivity index (χ3v) is 41.8. The maximum absolute atomic E-state index is 13.7. The predicted molar refractivity (Wildman–Crippen MR) is 195 cm³/mol. The van der Waals surface area contributed by atoms with Gasteiger partial charge in [-0.25, -0.2) is 0 Å². The molecule has 7 heteroatoms. The van der Waals surface area contributed by atoms with Crippen LogP contribution in [-0.2, 0) is 26.6 Å². The first-order chi connectivity index (χ1) is 22.8. The van der Waals surface area contributed by atoms with Crippen LogP contribution in [0.25, 0.3) is 0 Å². The molecule has 0 spiro atoms. The van der Waals surface area contributed by atoms with Crippen molar-refractivity contribution in [1.82, 2.24) is 0 Å². The zero-order valence-electron chi connectivity index (χ0n) is 25.7. The van der Waals surface area contributed by atoms with E-state index in [9.17, 15) is 19.8 Å². The van der Waals surface area contributed by atoms with Gasteiger partial charge in [-0.15, -0.1) is 0 Å². The van der Waals surface area contributed by atoms with Crippen LogP contribution in [0.1, 0.15) is 0 Å². The fourth-order valence-corrected chi connectivity index (χ4v) is 50.7. The first-order valence-corrected chi connectivity index (χ1v) is 24.0. The zero-order valence-corrected chi connectivity index (χ0v) is 29.0. The van der Waals surface area contributed by atoms with E-state index in [0.717, 1.165) is 31.8 Å². The van der Waals surface area contributed by atoms with Gasteiger partial charge in [0.1, 0.15) is 0 Å². The third kappa shape index (κ3) is 5.29. The Balaban J connectivity index is 1.98. The van der Waals surface area contributed by atoms with Gasteiger partial charge in [-0.2, -0.15) is 0 Å². The van der Waals surface area contributed by atoms with Crippen LogP contribution in [0.3, 0.4) is 0 Å². The summed E-state index contributed by atoms with van der Waals surface area (Å²) in [5, 5.41) is 28.1. The van der Waals surface area contributed by atoms with Gasteiger partial charge in [0, 0.05) is 0 Å². The van der Waals surface area contributed by atoms with Crippen LogP contribution in [0.4, 0.5) is 0 Å². The molecule has 6 rings (SSSR count). The minimum absolute atomic E-state index is 0.165. The Morgan fingerprint density at radius 3 is 0.681 bits per heavy atom. The molecule has 0 amide bonds. The van der Waals surface area contributed by atoms with Crippen LogP contribution in [-0.4, -0.2) is 34.5 Å². The molecule has 47 heavy (non-hydrogen) atoms. The summed E-state index contributed by atoms with van der Waals surface area (Å²) in [6, 6.07) is 60.5. The number of carboxylic acid groups (broad SMARTS) is 2. The number of benzene rings is 6. The fraction of sp³-hybridized carbons (Fsp3) is 0.0500. The molecule has 0 fully saturated rings. The van der Waals surface area contributed by atoms with Crippen molar-refractivity contribution in [2.45, 2.75) is 0 Å². The summed E-state index contributed by atoms with van der Waals surface area (Å²) < 4.78 is 0. The topological polar surface area (TPSA) is 74.6 Å². The number of rotatable bonds is 12. The summed E-state index contributed by atoms with van der Waals surface area (Å²) in [6.07, 6.45) is -0.329. The second kappa shape index (κ2) is 13.1. The molecular formula is C40H36O4P2Pd. The molecule has 6 aromatic rings. The van der Waals surface area contributed by atoms with Gasteiger partial charge in [0.2, 0.25) is 0 Å². The Kier molecular flexibility index (Phi) is 9.13. The van der Waals surface area contributed by atoms with E-state index in [1.54, 1.807) is 0 Å². The van der Waals surface area contributed by atoms with E-state index in [0.29, 0.717) is 0 Å². The Bertz CT molecular complexity index is 1630. The molecule has 0 saturated carbocycles. The van der Waals surface area contributed by atoms with Crippen molar-refractivity contribution in [1.29, 1.82) is 0 Å². The van der Waals surface area contributed by atoms with Crippen molar-refractivity contribution in [3.63, 3.8) is 0 Å². The average molecular weight is 749 g/mol. The van der Waals surface area contributed by atoms with Crippen molar-refractivity contribution < 1.29 is 36.8 Å². The summed E-state index contributed by atoms with van der Waals surface area (Å²) in [5.74, 6) is -1.84. The maximum atomic E-state index is 13.7. The third-order valence-electron chi connectivity index (χ3n) is 8.80. The SMILES string of the molecule is O=C(O)C[P]([Pd][P](CC(=O)O)(c1ccccc1)(c1ccccc1)c1ccccc1)(c1ccccc1)(c1ccccc1)c1ccccc1. The van der Waals surface area contributed by atoms with Crippen molar-refractivity contribution in [2.75, 3.05) is 12.3 Å². The van der Waals surface area contributed by atoms with E-state index in [-0.39, 0.29) is 12.3 Å².